The van der Waals surface area contributed by atoms with Crippen molar-refractivity contribution in [2.75, 3.05) is 44.2 Å². The average molecular weight is 439 g/mol. The summed E-state index contributed by atoms with van der Waals surface area (Å²) in [5.41, 5.74) is 2.82. The molecule has 0 bridgehead atoms. The van der Waals surface area contributed by atoms with Gasteiger partial charge in [-0.3, -0.25) is 24.4 Å². The van der Waals surface area contributed by atoms with E-state index in [0.29, 0.717) is 18.7 Å². The van der Waals surface area contributed by atoms with E-state index in [1.165, 1.54) is 0 Å². The molecule has 1 unspecified atom stereocenters. The van der Waals surface area contributed by atoms with Gasteiger partial charge in [0.1, 0.15) is 0 Å². The molecule has 32 heavy (non-hydrogen) atoms. The summed E-state index contributed by atoms with van der Waals surface area (Å²) in [7, 11) is 1.90. The minimum Gasteiger partial charge on any atom is -0.370 e. The van der Waals surface area contributed by atoms with Crippen LogP contribution in [0.4, 0.5) is 5.69 Å². The number of nitrogens with zero attached hydrogens (tertiary/aromatic N) is 4. The molecule has 3 fully saturated rings. The molecule has 9 heteroatoms. The molecular weight excluding hydrogens is 408 g/mol. The van der Waals surface area contributed by atoms with Crippen molar-refractivity contribution >= 4 is 34.3 Å². The second kappa shape index (κ2) is 8.54. The third-order valence-electron chi connectivity index (χ3n) is 7.05. The Hall–Kier alpha value is -2.94. The minimum atomic E-state index is -0.408. The van der Waals surface area contributed by atoms with Gasteiger partial charge < -0.3 is 15.1 Å². The summed E-state index contributed by atoms with van der Waals surface area (Å²) < 4.78 is 1.85. The van der Waals surface area contributed by atoms with E-state index in [2.05, 4.69) is 21.6 Å². The van der Waals surface area contributed by atoms with Gasteiger partial charge in [-0.15, -0.1) is 0 Å². The zero-order valence-electron chi connectivity index (χ0n) is 18.5. The van der Waals surface area contributed by atoms with Gasteiger partial charge in [-0.25, -0.2) is 0 Å². The fraction of sp³-hybridized carbons (Fsp3) is 0.565. The summed E-state index contributed by atoms with van der Waals surface area (Å²) in [6, 6.07) is 6.11. The Morgan fingerprint density at radius 3 is 2.53 bits per heavy atom. The largest absolute Gasteiger partial charge is 0.370 e. The fourth-order valence-corrected chi connectivity index (χ4v) is 5.32. The Bertz CT molecular complexity index is 1050. The number of piperidine rings is 2. The molecule has 0 saturated carbocycles. The number of aromatic nitrogens is 2. The second-order valence-electron chi connectivity index (χ2n) is 9.02. The Balaban J connectivity index is 1.35. The molecule has 3 aliphatic heterocycles. The molecular formula is C23H30N6O3. The number of imide groups is 1. The Labute approximate surface area is 187 Å². The van der Waals surface area contributed by atoms with E-state index in [1.54, 1.807) is 0 Å². The Kier molecular flexibility index (Phi) is 5.58. The molecule has 0 aliphatic carbocycles. The summed E-state index contributed by atoms with van der Waals surface area (Å²) in [5.74, 6) is -0.502. The number of amides is 3. The summed E-state index contributed by atoms with van der Waals surface area (Å²) >= 11 is 0. The van der Waals surface area contributed by atoms with Crippen molar-refractivity contribution in [3.05, 3.63) is 23.9 Å². The lowest BCUT2D eigenvalue weighted by Crippen LogP contribution is -2.50. The number of fused-ring (bicyclic) bond motifs is 1. The maximum atomic E-state index is 12.9. The number of nitrogens with one attached hydrogen (secondary N) is 2. The summed E-state index contributed by atoms with van der Waals surface area (Å²) in [6.45, 7) is 5.00. The SMILES string of the molecule is Cn1nc(C2CCC(=O)NC2=O)c2cccc(N3CCC(C(=O)N4CCNCC4)CC3)c21. The van der Waals surface area contributed by atoms with Crippen LogP contribution in [-0.4, -0.2) is 71.7 Å². The molecule has 3 saturated heterocycles. The van der Waals surface area contributed by atoms with Crippen LogP contribution in [0.25, 0.3) is 10.9 Å². The second-order valence-corrected chi connectivity index (χ2v) is 9.02. The topological polar surface area (TPSA) is 99.6 Å². The zero-order chi connectivity index (χ0) is 22.2. The number of aryl methyl sites for hydroxylation is 1. The molecule has 4 heterocycles. The number of piperazine rings is 1. The average Bonchev–Trinajstić information content (AvgIpc) is 3.16. The molecule has 9 nitrogen and oxygen atoms in total. The van der Waals surface area contributed by atoms with Crippen molar-refractivity contribution < 1.29 is 14.4 Å². The van der Waals surface area contributed by atoms with E-state index in [1.807, 2.05) is 28.8 Å². The van der Waals surface area contributed by atoms with Crippen LogP contribution in [-0.2, 0) is 21.4 Å². The highest BCUT2D eigenvalue weighted by atomic mass is 16.2. The Morgan fingerprint density at radius 2 is 1.81 bits per heavy atom. The highest BCUT2D eigenvalue weighted by Crippen LogP contribution is 2.36. The van der Waals surface area contributed by atoms with E-state index < -0.39 is 5.92 Å². The number of hydrogen-bond donors (Lipinski definition) is 2. The van der Waals surface area contributed by atoms with Crippen molar-refractivity contribution in [1.29, 1.82) is 0 Å². The molecule has 2 aromatic rings. The number of carbonyl (C=O) groups is 3. The van der Waals surface area contributed by atoms with E-state index in [4.69, 9.17) is 5.10 Å². The highest BCUT2D eigenvalue weighted by Gasteiger charge is 2.33. The molecule has 3 aliphatic rings. The van der Waals surface area contributed by atoms with Gasteiger partial charge in [0.05, 0.1) is 22.8 Å². The number of rotatable bonds is 3. The first-order valence-electron chi connectivity index (χ1n) is 11.6. The first kappa shape index (κ1) is 20.9. The quantitative estimate of drug-likeness (QED) is 0.686. The van der Waals surface area contributed by atoms with E-state index in [9.17, 15) is 14.4 Å². The van der Waals surface area contributed by atoms with Crippen LogP contribution in [0.15, 0.2) is 18.2 Å². The predicted molar refractivity (Wildman–Crippen MR) is 120 cm³/mol. The summed E-state index contributed by atoms with van der Waals surface area (Å²) in [6.07, 6.45) is 2.51. The van der Waals surface area contributed by atoms with Gasteiger partial charge >= 0.3 is 0 Å². The monoisotopic (exact) mass is 438 g/mol. The highest BCUT2D eigenvalue weighted by molar-refractivity contribution is 6.03. The summed E-state index contributed by atoms with van der Waals surface area (Å²) in [4.78, 5) is 41.2. The number of para-hydroxylation sites is 1. The first-order chi connectivity index (χ1) is 15.5. The van der Waals surface area contributed by atoms with Crippen LogP contribution in [0.1, 0.15) is 37.3 Å². The van der Waals surface area contributed by atoms with Crippen LogP contribution in [0, 0.1) is 5.92 Å². The lowest BCUT2D eigenvalue weighted by Gasteiger charge is -2.36. The molecule has 170 valence electrons. The molecule has 2 N–H and O–H groups in total. The molecule has 0 spiro atoms. The predicted octanol–water partition coefficient (Wildman–Crippen LogP) is 0.742. The number of carbonyl (C=O) groups excluding carboxylic acids is 3. The van der Waals surface area contributed by atoms with Crippen molar-refractivity contribution in [3.63, 3.8) is 0 Å². The van der Waals surface area contributed by atoms with Gasteiger partial charge in [-0.05, 0) is 25.3 Å². The smallest absolute Gasteiger partial charge is 0.235 e. The third-order valence-corrected chi connectivity index (χ3v) is 7.05. The van der Waals surface area contributed by atoms with Crippen LogP contribution < -0.4 is 15.5 Å². The van der Waals surface area contributed by atoms with Crippen molar-refractivity contribution in [2.24, 2.45) is 13.0 Å². The van der Waals surface area contributed by atoms with Gasteiger partial charge in [-0.2, -0.15) is 5.10 Å². The minimum absolute atomic E-state index is 0.0918. The van der Waals surface area contributed by atoms with Crippen molar-refractivity contribution in [3.8, 4) is 0 Å². The van der Waals surface area contributed by atoms with Gasteiger partial charge in [-0.1, -0.05) is 12.1 Å². The number of hydrogen-bond acceptors (Lipinski definition) is 6. The van der Waals surface area contributed by atoms with E-state index in [0.717, 1.165) is 74.4 Å². The molecule has 1 atom stereocenters. The zero-order valence-corrected chi connectivity index (χ0v) is 18.5. The lowest BCUT2D eigenvalue weighted by molar-refractivity contribution is -0.137. The van der Waals surface area contributed by atoms with E-state index in [-0.39, 0.29) is 17.7 Å². The maximum absolute atomic E-state index is 12.9. The van der Waals surface area contributed by atoms with Crippen LogP contribution >= 0.6 is 0 Å². The summed E-state index contributed by atoms with van der Waals surface area (Å²) in [5, 5.41) is 11.4. The normalized spacial score (nSPS) is 23.0. The van der Waals surface area contributed by atoms with Crippen molar-refractivity contribution in [1.82, 2.24) is 25.3 Å². The molecule has 1 aromatic heterocycles. The van der Waals surface area contributed by atoms with Gasteiger partial charge in [0.15, 0.2) is 0 Å². The number of benzene rings is 1. The van der Waals surface area contributed by atoms with Crippen LogP contribution in [0.3, 0.4) is 0 Å². The van der Waals surface area contributed by atoms with Crippen LogP contribution in [0.2, 0.25) is 0 Å². The Morgan fingerprint density at radius 1 is 1.06 bits per heavy atom. The van der Waals surface area contributed by atoms with E-state index >= 15 is 0 Å². The molecule has 0 radical (unpaired) electrons. The lowest BCUT2D eigenvalue weighted by atomic mass is 9.92. The molecule has 1 aromatic carbocycles. The first-order valence-corrected chi connectivity index (χ1v) is 11.6. The molecule has 5 rings (SSSR count). The number of anilines is 1. The molecule has 3 amide bonds. The maximum Gasteiger partial charge on any atom is 0.235 e. The fourth-order valence-electron chi connectivity index (χ4n) is 5.32. The standard InChI is InChI=1S/C23H30N6O3/c1-27-21-16(20(26-27)17-5-6-19(30)25-22(17)31)3-2-4-18(21)28-11-7-15(8-12-28)23(32)29-13-9-24-10-14-29/h2-4,15,17,24H,5-14H2,1H3,(H,25,30,31). The van der Waals surface area contributed by atoms with Gasteiger partial charge in [0.2, 0.25) is 17.7 Å². The van der Waals surface area contributed by atoms with Gasteiger partial charge in [0, 0.05) is 64.0 Å². The third kappa shape index (κ3) is 3.74. The van der Waals surface area contributed by atoms with Crippen molar-refractivity contribution in [2.45, 2.75) is 31.6 Å². The van der Waals surface area contributed by atoms with Crippen LogP contribution in [0.5, 0.6) is 0 Å². The van der Waals surface area contributed by atoms with Gasteiger partial charge in [0.25, 0.3) is 0 Å².